The van der Waals surface area contributed by atoms with Gasteiger partial charge in [0.1, 0.15) is 0 Å². The molecule has 0 aliphatic heterocycles. The number of rotatable bonds is 0. The average molecular weight is 197 g/mol. The zero-order valence-corrected chi connectivity index (χ0v) is 4.52. The Labute approximate surface area is 68.0 Å². The molecular formula is H3AlCoCrFe. The molecule has 0 aromatic rings. The molecule has 0 spiro atoms. The van der Waals surface area contributed by atoms with E-state index >= 15 is 0 Å². The van der Waals surface area contributed by atoms with Crippen LogP contribution in [0.2, 0.25) is 0 Å². The molecule has 4 heavy (non-hydrogen) atoms. The predicted octanol–water partition coefficient (Wildman–Crippen LogP) is -1.19. The molecule has 0 atom stereocenters. The fraction of sp³-hybridized carbons (Fsp3) is 0. The van der Waals surface area contributed by atoms with E-state index in [-0.39, 0.29) is 68.6 Å². The topological polar surface area (TPSA) is 0 Å². The van der Waals surface area contributed by atoms with E-state index in [1.807, 2.05) is 0 Å². The van der Waals surface area contributed by atoms with Crippen molar-refractivity contribution in [2.24, 2.45) is 0 Å². The molecule has 0 aliphatic rings. The first-order valence-electron chi connectivity index (χ1n) is 0. The summed E-state index contributed by atoms with van der Waals surface area (Å²) in [5, 5.41) is 0. The Morgan fingerprint density at radius 3 is 1.00 bits per heavy atom. The first kappa shape index (κ1) is 36.1. The van der Waals surface area contributed by atoms with E-state index in [1.165, 1.54) is 0 Å². The molecule has 0 aromatic carbocycles. The van der Waals surface area contributed by atoms with Gasteiger partial charge in [0.25, 0.3) is 0 Å². The number of hydrogen-bond donors (Lipinski definition) is 0. The fourth-order valence-electron chi connectivity index (χ4n) is 0. The molecule has 0 bridgehead atoms. The van der Waals surface area contributed by atoms with Crippen molar-refractivity contribution < 1.29 is 51.2 Å². The van der Waals surface area contributed by atoms with E-state index in [1.54, 1.807) is 0 Å². The van der Waals surface area contributed by atoms with Crippen LogP contribution in [0.15, 0.2) is 0 Å². The second-order valence-corrected chi connectivity index (χ2v) is 0. The van der Waals surface area contributed by atoms with Gasteiger partial charge in [-0.05, 0) is 0 Å². The van der Waals surface area contributed by atoms with Crippen molar-refractivity contribution in [1.82, 2.24) is 0 Å². The van der Waals surface area contributed by atoms with Crippen LogP contribution in [-0.2, 0) is 51.2 Å². The van der Waals surface area contributed by atoms with Crippen molar-refractivity contribution in [3.63, 3.8) is 0 Å². The van der Waals surface area contributed by atoms with E-state index < -0.39 is 0 Å². The van der Waals surface area contributed by atoms with E-state index in [2.05, 4.69) is 0 Å². The summed E-state index contributed by atoms with van der Waals surface area (Å²) in [5.74, 6) is 0. The van der Waals surface area contributed by atoms with E-state index in [9.17, 15) is 0 Å². The Morgan fingerprint density at radius 2 is 1.00 bits per heavy atom. The third-order valence-corrected chi connectivity index (χ3v) is 0. The molecular weight excluding hydrogens is 194 g/mol. The monoisotopic (exact) mass is 197 g/mol. The first-order chi connectivity index (χ1) is 0. The molecule has 0 aliphatic carbocycles. The molecule has 0 fully saturated rings. The predicted molar refractivity (Wildman–Crippen MR) is 9.94 cm³/mol. The van der Waals surface area contributed by atoms with E-state index in [4.69, 9.17) is 0 Å². The largest absolute Gasteiger partial charge is 0.187 e. The van der Waals surface area contributed by atoms with Gasteiger partial charge < -0.3 is 0 Å². The van der Waals surface area contributed by atoms with Gasteiger partial charge in [0.15, 0.2) is 17.4 Å². The van der Waals surface area contributed by atoms with Crippen LogP contribution in [0.5, 0.6) is 0 Å². The Bertz CT molecular complexity index is 8.00. The van der Waals surface area contributed by atoms with Crippen LogP contribution in [-0.4, -0.2) is 17.4 Å². The summed E-state index contributed by atoms with van der Waals surface area (Å²) in [6.07, 6.45) is 0. The Balaban J connectivity index is 0. The molecule has 0 amide bonds. The van der Waals surface area contributed by atoms with E-state index in [0.717, 1.165) is 0 Å². The Kier molecular flexibility index (Phi) is 176. The molecule has 0 saturated carbocycles. The second kappa shape index (κ2) is 19.5. The average Bonchev–Trinajstić information content (AvgIpc) is 0. The molecule has 0 N–H and O–H groups in total. The first-order valence-corrected chi connectivity index (χ1v) is 0. The zero-order valence-electron chi connectivity index (χ0n) is 1.10. The summed E-state index contributed by atoms with van der Waals surface area (Å²) in [5.41, 5.74) is 0. The maximum absolute atomic E-state index is 0. The van der Waals surface area contributed by atoms with Gasteiger partial charge in [0.05, 0.1) is 0 Å². The van der Waals surface area contributed by atoms with Crippen LogP contribution in [0, 0.1) is 0 Å². The summed E-state index contributed by atoms with van der Waals surface area (Å²) in [6.45, 7) is 0. The second-order valence-electron chi connectivity index (χ2n) is 0. The third kappa shape index (κ3) is 8.94. The van der Waals surface area contributed by atoms with Gasteiger partial charge in [0.2, 0.25) is 0 Å². The van der Waals surface area contributed by atoms with Gasteiger partial charge in [-0.3, -0.25) is 0 Å². The van der Waals surface area contributed by atoms with Crippen molar-refractivity contribution in [3.05, 3.63) is 0 Å². The Morgan fingerprint density at radius 1 is 1.00 bits per heavy atom. The molecule has 0 unspecified atom stereocenters. The van der Waals surface area contributed by atoms with Crippen molar-refractivity contribution >= 4 is 17.4 Å². The quantitative estimate of drug-likeness (QED) is 0.428. The van der Waals surface area contributed by atoms with Crippen LogP contribution in [0.25, 0.3) is 0 Å². The zero-order chi connectivity index (χ0) is 0. The maximum Gasteiger partial charge on any atom is 0.187 e. The van der Waals surface area contributed by atoms with Gasteiger partial charge >= 0.3 is 0 Å². The minimum Gasteiger partial charge on any atom is 0 e. The summed E-state index contributed by atoms with van der Waals surface area (Å²) in [4.78, 5) is 0. The third-order valence-electron chi connectivity index (χ3n) is 0. The van der Waals surface area contributed by atoms with Crippen molar-refractivity contribution in [1.29, 1.82) is 0 Å². The van der Waals surface area contributed by atoms with Gasteiger partial charge in [-0.2, -0.15) is 0 Å². The molecule has 29 valence electrons. The smallest absolute Gasteiger partial charge is 0 e. The van der Waals surface area contributed by atoms with Gasteiger partial charge in [0, 0.05) is 51.2 Å². The molecule has 0 nitrogen and oxygen atoms in total. The van der Waals surface area contributed by atoms with E-state index in [0.29, 0.717) is 0 Å². The summed E-state index contributed by atoms with van der Waals surface area (Å²) in [6, 6.07) is 0. The fourth-order valence-corrected chi connectivity index (χ4v) is 0. The molecule has 0 saturated heterocycles. The summed E-state index contributed by atoms with van der Waals surface area (Å²) >= 11 is 0. The van der Waals surface area contributed by atoms with Crippen LogP contribution in [0.4, 0.5) is 0 Å². The summed E-state index contributed by atoms with van der Waals surface area (Å²) in [7, 11) is 0. The Hall–Kier alpha value is 2.09. The van der Waals surface area contributed by atoms with Crippen molar-refractivity contribution in [2.75, 3.05) is 0 Å². The standard InChI is InChI=1S/Al.Co.Cr.Fe.3H. The number of hydrogen-bond acceptors (Lipinski definition) is 0. The molecule has 1 radical (unpaired) electrons. The van der Waals surface area contributed by atoms with Gasteiger partial charge in [-0.1, -0.05) is 0 Å². The van der Waals surface area contributed by atoms with Crippen LogP contribution >= 0.6 is 0 Å². The minimum atomic E-state index is 0. The van der Waals surface area contributed by atoms with Gasteiger partial charge in [-0.15, -0.1) is 0 Å². The molecule has 0 rings (SSSR count). The van der Waals surface area contributed by atoms with Crippen LogP contribution < -0.4 is 0 Å². The van der Waals surface area contributed by atoms with Crippen LogP contribution in [0.3, 0.4) is 0 Å². The minimum absolute atomic E-state index is 0. The SMILES string of the molecule is [AlH3].[Co].[Cr].[Fe]. The van der Waals surface area contributed by atoms with Crippen LogP contribution in [0.1, 0.15) is 0 Å². The molecule has 4 heteroatoms. The summed E-state index contributed by atoms with van der Waals surface area (Å²) < 4.78 is 0. The maximum atomic E-state index is 0. The molecule has 0 aromatic heterocycles. The molecule has 0 heterocycles. The van der Waals surface area contributed by atoms with Crippen molar-refractivity contribution in [2.45, 2.75) is 0 Å². The van der Waals surface area contributed by atoms with Crippen molar-refractivity contribution in [3.8, 4) is 0 Å². The normalized spacial score (nSPS) is 0. The van der Waals surface area contributed by atoms with Gasteiger partial charge in [-0.25, -0.2) is 0 Å².